The van der Waals surface area contributed by atoms with Gasteiger partial charge in [0, 0.05) is 26.0 Å². The minimum absolute atomic E-state index is 0.260. The number of hydrogen-bond acceptors (Lipinski definition) is 8. The van der Waals surface area contributed by atoms with Crippen molar-refractivity contribution in [1.82, 2.24) is 4.98 Å². The molecule has 2 aliphatic heterocycles. The minimum Gasteiger partial charge on any atom is -0.490 e. The monoisotopic (exact) mass is 699 g/mol. The van der Waals surface area contributed by atoms with Crippen LogP contribution in [0.25, 0.3) is 0 Å². The largest absolute Gasteiger partial charge is 0.490 e. The van der Waals surface area contributed by atoms with Crippen molar-refractivity contribution in [2.24, 2.45) is 5.92 Å². The molecule has 2 aliphatic rings. The maximum absolute atomic E-state index is 13.9. The highest BCUT2D eigenvalue weighted by Gasteiger charge is 2.56. The predicted molar refractivity (Wildman–Crippen MR) is 170 cm³/mol. The van der Waals surface area contributed by atoms with Crippen LogP contribution in [0.5, 0.6) is 11.5 Å². The van der Waals surface area contributed by atoms with Gasteiger partial charge in [0.1, 0.15) is 5.25 Å². The van der Waals surface area contributed by atoms with Gasteiger partial charge in [-0.15, -0.1) is 0 Å². The predicted octanol–water partition coefficient (Wildman–Crippen LogP) is 6.06. The number of nitrogens with zero attached hydrogens (tertiary/aromatic N) is 1. The molecule has 220 valence electrons. The fourth-order valence-electron chi connectivity index (χ4n) is 5.20. The molecule has 3 heterocycles. The molecule has 0 spiro atoms. The lowest BCUT2D eigenvalue weighted by molar-refractivity contribution is -0.122. The van der Waals surface area contributed by atoms with Crippen molar-refractivity contribution < 1.29 is 23.9 Å². The third-order valence-electron chi connectivity index (χ3n) is 7.02. The summed E-state index contributed by atoms with van der Waals surface area (Å²) in [4.78, 5) is 57.1. The lowest BCUT2D eigenvalue weighted by Gasteiger charge is -2.30. The Morgan fingerprint density at radius 2 is 1.74 bits per heavy atom. The van der Waals surface area contributed by atoms with Gasteiger partial charge in [0.2, 0.25) is 11.8 Å². The minimum atomic E-state index is -0.744. The summed E-state index contributed by atoms with van der Waals surface area (Å²) in [5.41, 5.74) is 1.75. The molecule has 0 saturated carbocycles. The number of imide groups is 1. The Kier molecular flexibility index (Phi) is 8.36. The summed E-state index contributed by atoms with van der Waals surface area (Å²) in [6.07, 6.45) is 0. The first-order valence-corrected chi connectivity index (χ1v) is 16.1. The Morgan fingerprint density at radius 3 is 2.47 bits per heavy atom. The van der Waals surface area contributed by atoms with E-state index in [9.17, 15) is 19.2 Å². The van der Waals surface area contributed by atoms with Gasteiger partial charge >= 0.3 is 4.87 Å². The van der Waals surface area contributed by atoms with Gasteiger partial charge in [-0.2, -0.15) is 0 Å². The molecule has 1 aromatic heterocycles. The number of nitrogens with one attached hydrogen (secondary N) is 2. The number of anilines is 2. The first kappa shape index (κ1) is 29.5. The summed E-state index contributed by atoms with van der Waals surface area (Å²) in [5, 5.41) is 3.17. The number of carbonyl (C=O) groups excluding carboxylic acids is 3. The van der Waals surface area contributed by atoms with E-state index in [1.165, 1.54) is 16.7 Å². The third kappa shape index (κ3) is 5.84. The number of aromatic nitrogens is 1. The average Bonchev–Trinajstić information content (AvgIpc) is 3.48. The van der Waals surface area contributed by atoms with Gasteiger partial charge in [0.15, 0.2) is 18.1 Å². The molecule has 2 N–H and O–H groups in total. The molecule has 43 heavy (non-hydrogen) atoms. The highest BCUT2D eigenvalue weighted by Crippen LogP contribution is 2.53. The molecule has 3 atom stereocenters. The van der Waals surface area contributed by atoms with Crippen LogP contribution in [-0.2, 0) is 14.4 Å². The number of benzene rings is 3. The van der Waals surface area contributed by atoms with Gasteiger partial charge in [0.05, 0.1) is 23.2 Å². The Balaban J connectivity index is 1.31. The van der Waals surface area contributed by atoms with Crippen LogP contribution in [0.2, 0.25) is 5.02 Å². The number of aromatic amines is 1. The number of thiazole rings is 1. The second-order valence-electron chi connectivity index (χ2n) is 9.72. The Morgan fingerprint density at radius 1 is 1.00 bits per heavy atom. The number of thioether (sulfide) groups is 1. The van der Waals surface area contributed by atoms with Crippen LogP contribution in [-0.4, -0.2) is 41.2 Å². The molecule has 13 heteroatoms. The molecule has 3 unspecified atom stereocenters. The SMILES string of the molecule is CCOc1cc(C2c3sc(=O)[nH]c3SC3C(=O)N(c4ccc(Br)cc4)C(=O)C32)ccc1OCC(=O)Nc1ccc(Cl)cc1. The normalized spacial score (nSPS) is 19.1. The van der Waals surface area contributed by atoms with E-state index in [-0.39, 0.29) is 29.2 Å². The molecule has 0 bridgehead atoms. The summed E-state index contributed by atoms with van der Waals surface area (Å²) in [6.45, 7) is 1.87. The van der Waals surface area contributed by atoms with Crippen LogP contribution in [0.1, 0.15) is 23.3 Å². The second kappa shape index (κ2) is 12.2. The van der Waals surface area contributed by atoms with Crippen molar-refractivity contribution >= 4 is 79.7 Å². The van der Waals surface area contributed by atoms with Gasteiger partial charge < -0.3 is 19.8 Å². The number of fused-ring (bicyclic) bond motifs is 2. The van der Waals surface area contributed by atoms with Gasteiger partial charge in [-0.1, -0.05) is 56.7 Å². The highest BCUT2D eigenvalue weighted by molar-refractivity contribution is 9.10. The van der Waals surface area contributed by atoms with E-state index in [2.05, 4.69) is 26.2 Å². The molecule has 3 aromatic carbocycles. The fraction of sp³-hybridized carbons (Fsp3) is 0.200. The fourth-order valence-corrected chi connectivity index (χ4v) is 8.11. The van der Waals surface area contributed by atoms with E-state index >= 15 is 0 Å². The van der Waals surface area contributed by atoms with Crippen LogP contribution in [0, 0.1) is 5.92 Å². The number of amides is 3. The molecule has 9 nitrogen and oxygen atoms in total. The molecule has 1 fully saturated rings. The van der Waals surface area contributed by atoms with Gasteiger partial charge in [0.25, 0.3) is 5.91 Å². The van der Waals surface area contributed by atoms with Crippen LogP contribution < -0.4 is 24.6 Å². The van der Waals surface area contributed by atoms with Crippen molar-refractivity contribution in [3.05, 3.63) is 96.3 Å². The summed E-state index contributed by atoms with van der Waals surface area (Å²) in [7, 11) is 0. The third-order valence-corrected chi connectivity index (χ3v) is 10.2. The number of rotatable bonds is 8. The van der Waals surface area contributed by atoms with E-state index in [4.69, 9.17) is 21.1 Å². The topological polar surface area (TPSA) is 118 Å². The molecular weight excluding hydrogens is 678 g/mol. The van der Waals surface area contributed by atoms with Crippen LogP contribution in [0.4, 0.5) is 11.4 Å². The molecule has 4 aromatic rings. The highest BCUT2D eigenvalue weighted by atomic mass is 79.9. The molecule has 3 amide bonds. The van der Waals surface area contributed by atoms with Crippen molar-refractivity contribution in [2.45, 2.75) is 23.1 Å². The van der Waals surface area contributed by atoms with Gasteiger partial charge in [-0.3, -0.25) is 19.2 Å². The first-order chi connectivity index (χ1) is 20.7. The molecular formula is C30H23BrClN3O6S2. The average molecular weight is 701 g/mol. The van der Waals surface area contributed by atoms with Crippen molar-refractivity contribution in [3.63, 3.8) is 0 Å². The summed E-state index contributed by atoms with van der Waals surface area (Å²) in [5.74, 6) is -1.65. The standard InChI is InChI=1S/C30H23BrClN3O6S2/c1-2-40-21-13-15(3-12-20(21)41-14-22(36)33-18-8-6-17(32)7-9-18)23-24-26(42-27-25(23)43-30(39)34-27)29(38)35(28(24)37)19-10-4-16(31)5-11-19/h3-13,23-24,26H,2,14H2,1H3,(H,33,36)(H,34,39). The zero-order valence-electron chi connectivity index (χ0n) is 22.5. The van der Waals surface area contributed by atoms with E-state index in [0.29, 0.717) is 50.0 Å². The Bertz CT molecular complexity index is 1780. The van der Waals surface area contributed by atoms with Gasteiger partial charge in [-0.05, 0) is 73.2 Å². The van der Waals surface area contributed by atoms with E-state index < -0.39 is 17.1 Å². The Hall–Kier alpha value is -3.58. The summed E-state index contributed by atoms with van der Waals surface area (Å²) < 4.78 is 12.5. The number of carbonyl (C=O) groups is 3. The Labute approximate surface area is 267 Å². The summed E-state index contributed by atoms with van der Waals surface area (Å²) in [6, 6.07) is 18.9. The van der Waals surface area contributed by atoms with E-state index in [1.54, 1.807) is 66.7 Å². The van der Waals surface area contributed by atoms with E-state index in [0.717, 1.165) is 15.8 Å². The molecule has 6 rings (SSSR count). The zero-order valence-corrected chi connectivity index (χ0v) is 26.4. The molecule has 1 saturated heterocycles. The maximum Gasteiger partial charge on any atom is 0.305 e. The summed E-state index contributed by atoms with van der Waals surface area (Å²) >= 11 is 11.6. The number of hydrogen-bond donors (Lipinski definition) is 2. The van der Waals surface area contributed by atoms with Crippen molar-refractivity contribution in [1.29, 1.82) is 0 Å². The number of ether oxygens (including phenoxy) is 2. The number of H-pyrrole nitrogens is 1. The molecule has 0 radical (unpaired) electrons. The molecule has 0 aliphatic carbocycles. The van der Waals surface area contributed by atoms with Crippen LogP contribution in [0.3, 0.4) is 0 Å². The quantitative estimate of drug-likeness (QED) is 0.215. The first-order valence-electron chi connectivity index (χ1n) is 13.2. The zero-order chi connectivity index (χ0) is 30.2. The lowest BCUT2D eigenvalue weighted by Crippen LogP contribution is -2.32. The van der Waals surface area contributed by atoms with Crippen molar-refractivity contribution in [2.75, 3.05) is 23.4 Å². The smallest absolute Gasteiger partial charge is 0.305 e. The second-order valence-corrected chi connectivity index (χ2v) is 13.2. The van der Waals surface area contributed by atoms with E-state index in [1.807, 2.05) is 6.92 Å². The maximum atomic E-state index is 13.9. The van der Waals surface area contributed by atoms with Gasteiger partial charge in [-0.25, -0.2) is 4.90 Å². The number of halogens is 2. The van der Waals surface area contributed by atoms with Crippen molar-refractivity contribution in [3.8, 4) is 11.5 Å². The van der Waals surface area contributed by atoms with Crippen LogP contribution in [0.15, 0.2) is 81.0 Å². The lowest BCUT2D eigenvalue weighted by atomic mass is 9.83. The van der Waals surface area contributed by atoms with Crippen LogP contribution >= 0.6 is 50.6 Å².